The van der Waals surface area contributed by atoms with Gasteiger partial charge in [-0.25, -0.2) is 0 Å². The molecule has 3 heteroatoms. The quantitative estimate of drug-likeness (QED) is 0.319. The van der Waals surface area contributed by atoms with Gasteiger partial charge in [0.05, 0.1) is 0 Å². The number of hydrogen-bond donors (Lipinski definition) is 0. The van der Waals surface area contributed by atoms with E-state index in [9.17, 15) is 9.59 Å². The molecule has 0 heterocycles. The van der Waals surface area contributed by atoms with Gasteiger partial charge in [0.25, 0.3) is 0 Å². The van der Waals surface area contributed by atoms with Gasteiger partial charge in [-0.05, 0) is 0 Å². The summed E-state index contributed by atoms with van der Waals surface area (Å²) in [5.74, 6) is -0.338. The standard InChI is InChI=1S/C4H6O2.Cu/c1-2-4(6)3-5;/h3H,2H2,1H3;. The zero-order chi connectivity index (χ0) is 4.99. The normalized spacial score (nSPS) is 6.43. The van der Waals surface area contributed by atoms with E-state index in [1.807, 2.05) is 0 Å². The number of rotatable bonds is 2. The first-order chi connectivity index (χ1) is 2.81. The Labute approximate surface area is 52.8 Å². The van der Waals surface area contributed by atoms with Gasteiger partial charge in [0.1, 0.15) is 0 Å². The van der Waals surface area contributed by atoms with Crippen molar-refractivity contribution >= 4 is 12.1 Å². The third kappa shape index (κ3) is 5.86. The summed E-state index contributed by atoms with van der Waals surface area (Å²) in [5.41, 5.74) is 0. The average Bonchev–Trinajstić information content (AvgIpc) is 1.65. The van der Waals surface area contributed by atoms with E-state index in [1.54, 1.807) is 6.92 Å². The van der Waals surface area contributed by atoms with E-state index >= 15 is 0 Å². The molecule has 0 bridgehead atoms. The minimum absolute atomic E-state index is 0. The van der Waals surface area contributed by atoms with Crippen molar-refractivity contribution in [3.63, 3.8) is 0 Å². The van der Waals surface area contributed by atoms with Crippen molar-refractivity contribution in [1.82, 2.24) is 0 Å². The van der Waals surface area contributed by atoms with Gasteiger partial charge < -0.3 is 0 Å². The molecule has 0 N–H and O–H groups in total. The van der Waals surface area contributed by atoms with E-state index in [-0.39, 0.29) is 22.9 Å². The molecule has 0 fully saturated rings. The summed E-state index contributed by atoms with van der Waals surface area (Å²) in [4.78, 5) is 19.2. The molecular weight excluding hydrogens is 144 g/mol. The molecule has 0 spiro atoms. The smallest absolute Gasteiger partial charge is 0.194 e. The fraction of sp³-hybridized carbons (Fsp3) is 0.500. The van der Waals surface area contributed by atoms with Crippen LogP contribution in [0.2, 0.25) is 0 Å². The summed E-state index contributed by atoms with van der Waals surface area (Å²) < 4.78 is 0. The van der Waals surface area contributed by atoms with Gasteiger partial charge in [0, 0.05) is 23.5 Å². The minimum Gasteiger partial charge on any atom is -0.295 e. The van der Waals surface area contributed by atoms with Gasteiger partial charge in [0.15, 0.2) is 12.1 Å². The maximum atomic E-state index is 9.81. The molecule has 0 unspecified atom stereocenters. The third-order valence-electron chi connectivity index (χ3n) is 0.480. The molecule has 0 aliphatic heterocycles. The van der Waals surface area contributed by atoms with E-state index in [1.165, 1.54) is 0 Å². The van der Waals surface area contributed by atoms with Crippen LogP contribution < -0.4 is 0 Å². The Bertz CT molecular complexity index is 70.1. The Morgan fingerprint density at radius 2 is 2.14 bits per heavy atom. The van der Waals surface area contributed by atoms with Crippen LogP contribution in [0.15, 0.2) is 0 Å². The molecule has 0 saturated heterocycles. The number of ketones is 1. The molecule has 0 saturated carbocycles. The van der Waals surface area contributed by atoms with Gasteiger partial charge in [-0.1, -0.05) is 6.92 Å². The number of aldehydes is 1. The number of carbonyl (C=O) groups excluding carboxylic acids is 2. The number of carbonyl (C=O) groups is 2. The Morgan fingerprint density at radius 3 is 2.14 bits per heavy atom. The molecule has 0 aromatic rings. The molecule has 0 aliphatic rings. The van der Waals surface area contributed by atoms with Crippen molar-refractivity contribution in [2.75, 3.05) is 0 Å². The van der Waals surface area contributed by atoms with Gasteiger partial charge in [-0.3, -0.25) is 9.59 Å². The maximum Gasteiger partial charge on any atom is 0.194 e. The van der Waals surface area contributed by atoms with Gasteiger partial charge >= 0.3 is 0 Å². The summed E-state index contributed by atoms with van der Waals surface area (Å²) in [7, 11) is 0. The van der Waals surface area contributed by atoms with E-state index in [2.05, 4.69) is 0 Å². The molecule has 45 valence electrons. The first kappa shape index (κ1) is 9.97. The van der Waals surface area contributed by atoms with Gasteiger partial charge in [-0.2, -0.15) is 0 Å². The molecule has 2 nitrogen and oxygen atoms in total. The fourth-order valence-electron chi connectivity index (χ4n) is 0.0833. The van der Waals surface area contributed by atoms with Crippen molar-refractivity contribution in [2.24, 2.45) is 0 Å². The van der Waals surface area contributed by atoms with Crippen LogP contribution in [-0.2, 0) is 26.7 Å². The Morgan fingerprint density at radius 1 is 1.71 bits per heavy atom. The summed E-state index contributed by atoms with van der Waals surface area (Å²) in [5, 5.41) is 0. The van der Waals surface area contributed by atoms with Crippen molar-refractivity contribution in [2.45, 2.75) is 13.3 Å². The van der Waals surface area contributed by atoms with Crippen molar-refractivity contribution in [3.05, 3.63) is 0 Å². The monoisotopic (exact) mass is 149 g/mol. The van der Waals surface area contributed by atoms with Crippen LogP contribution in [0, 0.1) is 0 Å². The molecule has 7 heavy (non-hydrogen) atoms. The van der Waals surface area contributed by atoms with E-state index < -0.39 is 0 Å². The topological polar surface area (TPSA) is 34.1 Å². The SMILES string of the molecule is CCC(=O)C=O.[Cu]. The van der Waals surface area contributed by atoms with Crippen LogP contribution in [0.25, 0.3) is 0 Å². The van der Waals surface area contributed by atoms with E-state index in [4.69, 9.17) is 0 Å². The third-order valence-corrected chi connectivity index (χ3v) is 0.480. The molecule has 1 radical (unpaired) electrons. The van der Waals surface area contributed by atoms with Gasteiger partial charge in [-0.15, -0.1) is 0 Å². The first-order valence-electron chi connectivity index (χ1n) is 1.79. The zero-order valence-electron chi connectivity index (χ0n) is 3.90. The van der Waals surface area contributed by atoms with E-state index in [0.717, 1.165) is 0 Å². The summed E-state index contributed by atoms with van der Waals surface area (Å²) in [6.45, 7) is 1.65. The van der Waals surface area contributed by atoms with Crippen LogP contribution in [0.3, 0.4) is 0 Å². The second-order valence-electron chi connectivity index (χ2n) is 0.938. The Balaban J connectivity index is 0. The molecular formula is C4H6CuO2. The molecule has 0 aromatic heterocycles. The van der Waals surface area contributed by atoms with Crippen molar-refractivity contribution in [3.8, 4) is 0 Å². The summed E-state index contributed by atoms with van der Waals surface area (Å²) in [6.07, 6.45) is 0.656. The Kier molecular flexibility index (Phi) is 8.35. The Hall–Kier alpha value is -0.141. The van der Waals surface area contributed by atoms with Crippen molar-refractivity contribution in [1.29, 1.82) is 0 Å². The summed E-state index contributed by atoms with van der Waals surface area (Å²) >= 11 is 0. The molecule has 0 aliphatic carbocycles. The zero-order valence-corrected chi connectivity index (χ0v) is 4.84. The number of hydrogen-bond acceptors (Lipinski definition) is 2. The second kappa shape index (κ2) is 5.86. The van der Waals surface area contributed by atoms with Gasteiger partial charge in [0.2, 0.25) is 0 Å². The second-order valence-corrected chi connectivity index (χ2v) is 0.938. The van der Waals surface area contributed by atoms with Crippen molar-refractivity contribution < 1.29 is 26.7 Å². The largest absolute Gasteiger partial charge is 0.295 e. The van der Waals surface area contributed by atoms with Crippen LogP contribution in [0.5, 0.6) is 0 Å². The molecule has 0 rings (SSSR count). The fourth-order valence-corrected chi connectivity index (χ4v) is 0.0833. The predicted octanol–water partition coefficient (Wildman–Crippen LogP) is 0.162. The maximum absolute atomic E-state index is 9.81. The van der Waals surface area contributed by atoms with Crippen LogP contribution in [0.4, 0.5) is 0 Å². The van der Waals surface area contributed by atoms with Crippen LogP contribution in [0.1, 0.15) is 13.3 Å². The first-order valence-corrected chi connectivity index (χ1v) is 1.79. The molecule has 0 amide bonds. The van der Waals surface area contributed by atoms with Crippen LogP contribution >= 0.6 is 0 Å². The summed E-state index contributed by atoms with van der Waals surface area (Å²) in [6, 6.07) is 0. The van der Waals surface area contributed by atoms with Crippen LogP contribution in [-0.4, -0.2) is 12.1 Å². The van der Waals surface area contributed by atoms with E-state index in [0.29, 0.717) is 12.7 Å². The molecule has 0 atom stereocenters. The predicted molar refractivity (Wildman–Crippen MR) is 21.4 cm³/mol. The molecule has 0 aromatic carbocycles. The minimum atomic E-state index is -0.338. The number of Topliss-reactive ketones (excluding diaryl/α,β-unsaturated/α-hetero) is 1. The average molecular weight is 150 g/mol.